The van der Waals surface area contributed by atoms with Crippen molar-refractivity contribution < 1.29 is 0 Å². The summed E-state index contributed by atoms with van der Waals surface area (Å²) < 4.78 is 0. The van der Waals surface area contributed by atoms with E-state index < -0.39 is 0 Å². The van der Waals surface area contributed by atoms with Crippen molar-refractivity contribution in [1.29, 1.82) is 0 Å². The van der Waals surface area contributed by atoms with Gasteiger partial charge in [-0.2, -0.15) is 0 Å². The maximum atomic E-state index is 2.49. The van der Waals surface area contributed by atoms with Crippen LogP contribution in [-0.2, 0) is 5.41 Å². The molecule has 0 heterocycles. The Kier molecular flexibility index (Phi) is 8.23. The number of nitrogens with zero attached hydrogens (tertiary/aromatic N) is 1. The van der Waals surface area contributed by atoms with Crippen molar-refractivity contribution in [3.63, 3.8) is 0 Å². The SMILES string of the molecule is CC1(C)c2ccccc2-c2c(-c3cccc(N(c4cccc(-c5ccccc5)c4)c4ccccc4-c4ccc5ccccc5c4)c3-c3ccccc3)cccc21. The van der Waals surface area contributed by atoms with Gasteiger partial charge in [0.1, 0.15) is 0 Å². The van der Waals surface area contributed by atoms with E-state index in [2.05, 4.69) is 231 Å². The zero-order valence-electron chi connectivity index (χ0n) is 31.7. The van der Waals surface area contributed by atoms with Crippen molar-refractivity contribution in [3.8, 4) is 55.6 Å². The molecule has 1 nitrogen and oxygen atoms in total. The third kappa shape index (κ3) is 5.63. The first kappa shape index (κ1) is 33.6. The molecule has 10 rings (SSSR count). The first-order valence-electron chi connectivity index (χ1n) is 19.5. The number of para-hydroxylation sites is 1. The zero-order chi connectivity index (χ0) is 37.6. The fraction of sp³-hybridized carbons (Fsp3) is 0.0545. The van der Waals surface area contributed by atoms with E-state index in [0.717, 1.165) is 17.1 Å². The average molecular weight is 716 g/mol. The highest BCUT2D eigenvalue weighted by atomic mass is 15.1. The third-order valence-electron chi connectivity index (χ3n) is 11.7. The number of rotatable bonds is 7. The Morgan fingerprint density at radius 1 is 0.321 bits per heavy atom. The van der Waals surface area contributed by atoms with E-state index >= 15 is 0 Å². The Labute approximate surface area is 329 Å². The van der Waals surface area contributed by atoms with E-state index in [1.807, 2.05) is 0 Å². The largest absolute Gasteiger partial charge is 0.309 e. The number of hydrogen-bond acceptors (Lipinski definition) is 1. The standard InChI is InChI=1S/C55H41N/c1-55(2)49-30-13-11-27-48(49)54-47(28-16-31-50(54)55)46-29-17-33-52(53(46)40-21-7-4-8-22-40)56(44-25-15-24-42(37-44)38-18-5-3-6-19-38)51-32-14-12-26-45(51)43-35-34-39-20-9-10-23-41(39)36-43/h3-37H,1-2H3. The maximum Gasteiger partial charge on any atom is 0.0546 e. The van der Waals surface area contributed by atoms with Crippen molar-refractivity contribution in [1.82, 2.24) is 0 Å². The number of fused-ring (bicyclic) bond motifs is 4. The summed E-state index contributed by atoms with van der Waals surface area (Å²) in [5.41, 5.74) is 18.2. The first-order chi connectivity index (χ1) is 27.6. The molecular weight excluding hydrogens is 675 g/mol. The summed E-state index contributed by atoms with van der Waals surface area (Å²) >= 11 is 0. The maximum absolute atomic E-state index is 2.49. The van der Waals surface area contributed by atoms with Gasteiger partial charge in [0.15, 0.2) is 0 Å². The van der Waals surface area contributed by atoms with E-state index in [1.165, 1.54) is 77.5 Å². The molecule has 0 fully saturated rings. The summed E-state index contributed by atoms with van der Waals surface area (Å²) in [4.78, 5) is 2.49. The number of hydrogen-bond donors (Lipinski definition) is 0. The van der Waals surface area contributed by atoms with Crippen LogP contribution in [0.2, 0.25) is 0 Å². The molecule has 0 aromatic heterocycles. The molecule has 266 valence electrons. The molecule has 9 aromatic rings. The minimum absolute atomic E-state index is 0.102. The lowest BCUT2D eigenvalue weighted by molar-refractivity contribution is 0.660. The Balaban J connectivity index is 1.27. The second-order valence-electron chi connectivity index (χ2n) is 15.3. The van der Waals surface area contributed by atoms with E-state index in [1.54, 1.807) is 0 Å². The first-order valence-corrected chi connectivity index (χ1v) is 19.5. The van der Waals surface area contributed by atoms with Gasteiger partial charge in [0, 0.05) is 22.2 Å². The van der Waals surface area contributed by atoms with Crippen LogP contribution in [0.5, 0.6) is 0 Å². The topological polar surface area (TPSA) is 3.24 Å². The summed E-state index contributed by atoms with van der Waals surface area (Å²) in [6.07, 6.45) is 0. The van der Waals surface area contributed by atoms with Crippen molar-refractivity contribution in [2.24, 2.45) is 0 Å². The van der Waals surface area contributed by atoms with Gasteiger partial charge in [-0.1, -0.05) is 196 Å². The van der Waals surface area contributed by atoms with Gasteiger partial charge in [-0.25, -0.2) is 0 Å². The van der Waals surface area contributed by atoms with Gasteiger partial charge >= 0.3 is 0 Å². The highest BCUT2D eigenvalue weighted by Crippen LogP contribution is 2.55. The summed E-state index contributed by atoms with van der Waals surface area (Å²) in [5.74, 6) is 0. The molecule has 56 heavy (non-hydrogen) atoms. The lowest BCUT2D eigenvalue weighted by atomic mass is 9.81. The van der Waals surface area contributed by atoms with E-state index in [9.17, 15) is 0 Å². The molecule has 1 aliphatic rings. The van der Waals surface area contributed by atoms with Gasteiger partial charge in [0.2, 0.25) is 0 Å². The lowest BCUT2D eigenvalue weighted by Gasteiger charge is -2.31. The van der Waals surface area contributed by atoms with Crippen LogP contribution < -0.4 is 4.90 Å². The van der Waals surface area contributed by atoms with Crippen LogP contribution >= 0.6 is 0 Å². The Morgan fingerprint density at radius 3 is 1.68 bits per heavy atom. The number of benzene rings is 9. The highest BCUT2D eigenvalue weighted by Gasteiger charge is 2.37. The van der Waals surface area contributed by atoms with Crippen LogP contribution in [0.4, 0.5) is 17.1 Å². The second-order valence-corrected chi connectivity index (χ2v) is 15.3. The van der Waals surface area contributed by atoms with Crippen molar-refractivity contribution in [2.75, 3.05) is 4.90 Å². The molecule has 0 amide bonds. The van der Waals surface area contributed by atoms with Crippen LogP contribution in [-0.4, -0.2) is 0 Å². The lowest BCUT2D eigenvalue weighted by Crippen LogP contribution is -2.14. The average Bonchev–Trinajstić information content (AvgIpc) is 3.50. The molecule has 1 heteroatoms. The van der Waals surface area contributed by atoms with Crippen LogP contribution in [0, 0.1) is 0 Å². The Bertz CT molecular complexity index is 2880. The summed E-state index contributed by atoms with van der Waals surface area (Å²) in [6, 6.07) is 77.7. The molecule has 0 saturated carbocycles. The molecule has 0 N–H and O–H groups in total. The third-order valence-corrected chi connectivity index (χ3v) is 11.7. The second kappa shape index (κ2) is 13.7. The van der Waals surface area contributed by atoms with Crippen LogP contribution in [0.15, 0.2) is 212 Å². The van der Waals surface area contributed by atoms with Crippen LogP contribution in [0.3, 0.4) is 0 Å². The molecule has 0 bridgehead atoms. The van der Waals surface area contributed by atoms with Crippen molar-refractivity contribution in [2.45, 2.75) is 19.3 Å². The minimum Gasteiger partial charge on any atom is -0.309 e. The van der Waals surface area contributed by atoms with Gasteiger partial charge in [-0.15, -0.1) is 0 Å². The smallest absolute Gasteiger partial charge is 0.0546 e. The Hall–Kier alpha value is -6.96. The monoisotopic (exact) mass is 715 g/mol. The fourth-order valence-corrected chi connectivity index (χ4v) is 8.97. The molecule has 0 saturated heterocycles. The Morgan fingerprint density at radius 2 is 0.875 bits per heavy atom. The van der Waals surface area contributed by atoms with E-state index in [4.69, 9.17) is 0 Å². The zero-order valence-corrected chi connectivity index (χ0v) is 31.7. The van der Waals surface area contributed by atoms with Crippen LogP contribution in [0.25, 0.3) is 66.4 Å². The molecule has 0 radical (unpaired) electrons. The van der Waals surface area contributed by atoms with Gasteiger partial charge in [-0.05, 0) is 96.7 Å². The summed E-state index contributed by atoms with van der Waals surface area (Å²) in [5, 5.41) is 2.46. The quantitative estimate of drug-likeness (QED) is 0.159. The van der Waals surface area contributed by atoms with Crippen LogP contribution in [0.1, 0.15) is 25.0 Å². The van der Waals surface area contributed by atoms with Gasteiger partial charge in [-0.3, -0.25) is 0 Å². The molecule has 1 aliphatic carbocycles. The summed E-state index contributed by atoms with van der Waals surface area (Å²) in [7, 11) is 0. The molecule has 0 spiro atoms. The fourth-order valence-electron chi connectivity index (χ4n) is 8.97. The van der Waals surface area contributed by atoms with Gasteiger partial charge in [0.05, 0.1) is 11.4 Å². The number of anilines is 3. The van der Waals surface area contributed by atoms with Gasteiger partial charge < -0.3 is 4.90 Å². The molecule has 0 unspecified atom stereocenters. The van der Waals surface area contributed by atoms with Gasteiger partial charge in [0.25, 0.3) is 0 Å². The van der Waals surface area contributed by atoms with E-state index in [-0.39, 0.29) is 5.41 Å². The molecule has 0 aliphatic heterocycles. The van der Waals surface area contributed by atoms with E-state index in [0.29, 0.717) is 0 Å². The molecule has 0 atom stereocenters. The molecular formula is C55H41N. The van der Waals surface area contributed by atoms with Crippen molar-refractivity contribution >= 4 is 27.8 Å². The molecule has 9 aromatic carbocycles. The normalized spacial score (nSPS) is 12.6. The predicted octanol–water partition coefficient (Wildman–Crippen LogP) is 15.3. The minimum atomic E-state index is -0.102. The predicted molar refractivity (Wildman–Crippen MR) is 238 cm³/mol. The highest BCUT2D eigenvalue weighted by molar-refractivity contribution is 6.03. The van der Waals surface area contributed by atoms with Crippen molar-refractivity contribution in [3.05, 3.63) is 223 Å². The summed E-state index contributed by atoms with van der Waals surface area (Å²) in [6.45, 7) is 4.72.